The predicted molar refractivity (Wildman–Crippen MR) is 232 cm³/mol. The minimum Gasteiger partial charge on any atom is -0.456 e. The van der Waals surface area contributed by atoms with Crippen LogP contribution in [0.15, 0.2) is 186 Å². The molecule has 0 unspecified atom stereocenters. The van der Waals surface area contributed by atoms with Crippen LogP contribution in [0, 0.1) is 13.8 Å². The van der Waals surface area contributed by atoms with Gasteiger partial charge in [0.25, 0.3) is 0 Å². The van der Waals surface area contributed by atoms with Crippen molar-refractivity contribution < 1.29 is 4.42 Å². The van der Waals surface area contributed by atoms with Crippen LogP contribution in [0.4, 0.5) is 0 Å². The molecule has 10 rings (SSSR count). The molecule has 0 aliphatic carbocycles. The van der Waals surface area contributed by atoms with E-state index in [0.29, 0.717) is 17.5 Å². The third-order valence-corrected chi connectivity index (χ3v) is 10.5. The largest absolute Gasteiger partial charge is 0.456 e. The van der Waals surface area contributed by atoms with Crippen molar-refractivity contribution >= 4 is 21.9 Å². The number of nitrogens with zero attached hydrogens (tertiary/aromatic N) is 4. The van der Waals surface area contributed by atoms with E-state index in [1.54, 1.807) is 0 Å². The van der Waals surface area contributed by atoms with Crippen molar-refractivity contribution in [3.63, 3.8) is 0 Å². The van der Waals surface area contributed by atoms with Crippen molar-refractivity contribution in [3.05, 3.63) is 193 Å². The third-order valence-electron chi connectivity index (χ3n) is 10.5. The predicted octanol–water partition coefficient (Wildman–Crippen LogP) is 13.5. The number of fused-ring (bicyclic) bond motifs is 3. The summed E-state index contributed by atoms with van der Waals surface area (Å²) in [7, 11) is 0. The summed E-state index contributed by atoms with van der Waals surface area (Å²) in [5, 5.41) is 2.14. The summed E-state index contributed by atoms with van der Waals surface area (Å²) in [4.78, 5) is 19.8. The smallest absolute Gasteiger partial charge is 0.164 e. The van der Waals surface area contributed by atoms with Crippen LogP contribution in [-0.2, 0) is 0 Å². The van der Waals surface area contributed by atoms with Crippen molar-refractivity contribution in [2.24, 2.45) is 0 Å². The zero-order valence-corrected chi connectivity index (χ0v) is 31.5. The topological polar surface area (TPSA) is 64.7 Å². The molecule has 0 aliphatic rings. The molecule has 0 saturated carbocycles. The van der Waals surface area contributed by atoms with E-state index in [1.807, 2.05) is 50.2 Å². The zero-order chi connectivity index (χ0) is 38.3. The number of furan rings is 1. The lowest BCUT2D eigenvalue weighted by Gasteiger charge is -2.19. The van der Waals surface area contributed by atoms with Crippen LogP contribution >= 0.6 is 0 Å². The average Bonchev–Trinajstić information content (AvgIpc) is 3.64. The molecule has 0 radical (unpaired) electrons. The van der Waals surface area contributed by atoms with E-state index in [2.05, 4.69) is 151 Å². The first-order valence-corrected chi connectivity index (χ1v) is 19.1. The Kier molecular flexibility index (Phi) is 8.53. The van der Waals surface area contributed by atoms with Gasteiger partial charge in [0.05, 0.1) is 0 Å². The average molecular weight is 733 g/mol. The molecule has 57 heavy (non-hydrogen) atoms. The number of para-hydroxylation sites is 1. The van der Waals surface area contributed by atoms with Crippen LogP contribution in [0.3, 0.4) is 0 Å². The van der Waals surface area contributed by atoms with Gasteiger partial charge in [-0.05, 0) is 101 Å². The maximum absolute atomic E-state index is 6.26. The van der Waals surface area contributed by atoms with E-state index in [1.165, 1.54) is 33.4 Å². The monoisotopic (exact) mass is 732 g/mol. The van der Waals surface area contributed by atoms with E-state index in [0.717, 1.165) is 61.1 Å². The summed E-state index contributed by atoms with van der Waals surface area (Å²) in [6.07, 6.45) is 0. The van der Waals surface area contributed by atoms with Crippen molar-refractivity contribution in [2.45, 2.75) is 13.8 Å². The van der Waals surface area contributed by atoms with Crippen molar-refractivity contribution in [3.8, 4) is 78.7 Å². The SMILES string of the molecule is Cc1cc(-c2nc(-c3ccc(-c4cc(-c5ccccc5)c(-c5ccccc5)c(-c5ccccc5)c4)cc3)nc(-c3ccc4c(c3)oc3ccccc34)n2)cc(C)n1. The standard InChI is InChI=1S/C52H36N4O/c1-33-28-42(29-34(2)53-33)52-55-50(54-51(56-52)40-26-27-44-43-20-12-13-21-47(43)57-48(44)32-40)39-24-22-35(23-25-39)41-30-45(36-14-6-3-7-15-36)49(38-18-10-5-11-19-38)46(31-41)37-16-8-4-9-17-37/h3-32H,1-2H3. The van der Waals surface area contributed by atoms with Crippen LogP contribution in [0.2, 0.25) is 0 Å². The highest BCUT2D eigenvalue weighted by molar-refractivity contribution is 6.05. The molecule has 0 aliphatic heterocycles. The molecule has 5 heteroatoms. The fraction of sp³-hybridized carbons (Fsp3) is 0.0385. The molecule has 3 aromatic heterocycles. The second-order valence-electron chi connectivity index (χ2n) is 14.4. The van der Waals surface area contributed by atoms with Gasteiger partial charge in [-0.15, -0.1) is 0 Å². The van der Waals surface area contributed by atoms with E-state index in [4.69, 9.17) is 19.4 Å². The van der Waals surface area contributed by atoms with Gasteiger partial charge in [-0.25, -0.2) is 15.0 Å². The number of pyridine rings is 1. The fourth-order valence-corrected chi connectivity index (χ4v) is 7.82. The normalized spacial score (nSPS) is 11.3. The Morgan fingerprint density at radius 1 is 0.316 bits per heavy atom. The molecule has 10 aromatic rings. The lowest BCUT2D eigenvalue weighted by molar-refractivity contribution is 0.669. The maximum atomic E-state index is 6.26. The molecule has 3 heterocycles. The Morgan fingerprint density at radius 2 is 0.789 bits per heavy atom. The Hall–Kier alpha value is -7.50. The van der Waals surface area contributed by atoms with Crippen molar-refractivity contribution in [2.75, 3.05) is 0 Å². The van der Waals surface area contributed by atoms with E-state index in [-0.39, 0.29) is 0 Å². The van der Waals surface area contributed by atoms with Gasteiger partial charge >= 0.3 is 0 Å². The summed E-state index contributed by atoms with van der Waals surface area (Å²) < 4.78 is 6.26. The molecule has 0 atom stereocenters. The Balaban J connectivity index is 1.11. The minimum atomic E-state index is 0.574. The first-order chi connectivity index (χ1) is 28.0. The van der Waals surface area contributed by atoms with Gasteiger partial charge in [-0.1, -0.05) is 140 Å². The van der Waals surface area contributed by atoms with E-state index >= 15 is 0 Å². The highest BCUT2D eigenvalue weighted by Crippen LogP contribution is 2.43. The van der Waals surface area contributed by atoms with Gasteiger partial charge in [0.15, 0.2) is 17.5 Å². The molecule has 0 amide bonds. The quantitative estimate of drug-likeness (QED) is 0.163. The minimum absolute atomic E-state index is 0.574. The molecular formula is C52H36N4O. The van der Waals surface area contributed by atoms with Gasteiger partial charge in [0, 0.05) is 38.9 Å². The fourth-order valence-electron chi connectivity index (χ4n) is 7.82. The lowest BCUT2D eigenvalue weighted by Crippen LogP contribution is -2.01. The summed E-state index contributed by atoms with van der Waals surface area (Å²) in [6, 6.07) is 63.5. The molecule has 0 spiro atoms. The summed E-state index contributed by atoms with van der Waals surface area (Å²) in [5.74, 6) is 1.76. The van der Waals surface area contributed by atoms with Crippen LogP contribution in [0.25, 0.3) is 101 Å². The third kappa shape index (κ3) is 6.55. The van der Waals surface area contributed by atoms with Crippen LogP contribution in [0.1, 0.15) is 11.4 Å². The van der Waals surface area contributed by atoms with Gasteiger partial charge in [-0.3, -0.25) is 4.98 Å². The van der Waals surface area contributed by atoms with E-state index < -0.39 is 0 Å². The first-order valence-electron chi connectivity index (χ1n) is 19.1. The van der Waals surface area contributed by atoms with Crippen LogP contribution in [-0.4, -0.2) is 19.9 Å². The number of hydrogen-bond acceptors (Lipinski definition) is 5. The summed E-state index contributed by atoms with van der Waals surface area (Å²) >= 11 is 0. The number of rotatable bonds is 7. The van der Waals surface area contributed by atoms with Crippen molar-refractivity contribution in [1.29, 1.82) is 0 Å². The number of aromatic nitrogens is 4. The van der Waals surface area contributed by atoms with Gasteiger partial charge in [0.1, 0.15) is 11.2 Å². The second-order valence-corrected chi connectivity index (χ2v) is 14.4. The van der Waals surface area contributed by atoms with Crippen LogP contribution < -0.4 is 0 Å². The molecule has 270 valence electrons. The summed E-state index contributed by atoms with van der Waals surface area (Å²) in [6.45, 7) is 3.99. The number of aryl methyl sites for hydroxylation is 2. The van der Waals surface area contributed by atoms with E-state index in [9.17, 15) is 0 Å². The molecule has 0 bridgehead atoms. The number of benzene rings is 7. The Labute approximate surface area is 331 Å². The summed E-state index contributed by atoms with van der Waals surface area (Å²) in [5.41, 5.74) is 15.4. The van der Waals surface area contributed by atoms with Gasteiger partial charge in [0.2, 0.25) is 0 Å². The van der Waals surface area contributed by atoms with Crippen LogP contribution in [0.5, 0.6) is 0 Å². The first kappa shape index (κ1) is 34.0. The van der Waals surface area contributed by atoms with Crippen molar-refractivity contribution in [1.82, 2.24) is 19.9 Å². The molecule has 0 fully saturated rings. The zero-order valence-electron chi connectivity index (χ0n) is 31.5. The highest BCUT2D eigenvalue weighted by atomic mass is 16.3. The number of hydrogen-bond donors (Lipinski definition) is 0. The Bertz CT molecular complexity index is 2980. The second kappa shape index (κ2) is 14.3. The lowest BCUT2D eigenvalue weighted by atomic mass is 9.84. The highest BCUT2D eigenvalue weighted by Gasteiger charge is 2.19. The molecular weight excluding hydrogens is 697 g/mol. The van der Waals surface area contributed by atoms with Gasteiger partial charge in [-0.2, -0.15) is 0 Å². The Morgan fingerprint density at radius 3 is 1.40 bits per heavy atom. The molecule has 7 aromatic carbocycles. The molecule has 0 saturated heterocycles. The molecule has 0 N–H and O–H groups in total. The van der Waals surface area contributed by atoms with Gasteiger partial charge < -0.3 is 4.42 Å². The maximum Gasteiger partial charge on any atom is 0.164 e. The molecule has 5 nitrogen and oxygen atoms in total.